The molecule has 0 spiro atoms. The second-order valence-corrected chi connectivity index (χ2v) is 6.42. The summed E-state index contributed by atoms with van der Waals surface area (Å²) in [5.41, 5.74) is 8.07. The summed E-state index contributed by atoms with van der Waals surface area (Å²) < 4.78 is 5.92. The second-order valence-electron chi connectivity index (χ2n) is 6.42. The first-order valence-corrected chi connectivity index (χ1v) is 8.80. The number of rotatable bonds is 7. The maximum absolute atomic E-state index is 9.78. The van der Waals surface area contributed by atoms with E-state index in [0.717, 1.165) is 16.7 Å². The first-order chi connectivity index (χ1) is 12.7. The van der Waals surface area contributed by atoms with Gasteiger partial charge in [-0.15, -0.1) is 0 Å². The van der Waals surface area contributed by atoms with Gasteiger partial charge in [-0.2, -0.15) is 0 Å². The number of hydrogen-bond acceptors (Lipinski definition) is 3. The van der Waals surface area contributed by atoms with Crippen LogP contribution in [0.5, 0.6) is 0 Å². The predicted molar refractivity (Wildman–Crippen MR) is 105 cm³/mol. The zero-order valence-corrected chi connectivity index (χ0v) is 15.0. The predicted octanol–water partition coefficient (Wildman–Crippen LogP) is 3.70. The smallest absolute Gasteiger partial charge is 0.136 e. The third-order valence-corrected chi connectivity index (χ3v) is 5.10. The van der Waals surface area contributed by atoms with Gasteiger partial charge in [0.2, 0.25) is 0 Å². The molecule has 0 radical (unpaired) electrons. The van der Waals surface area contributed by atoms with Crippen molar-refractivity contribution in [3.05, 3.63) is 108 Å². The Morgan fingerprint density at radius 2 is 1.08 bits per heavy atom. The van der Waals surface area contributed by atoms with Crippen LogP contribution in [-0.2, 0) is 10.2 Å². The third-order valence-electron chi connectivity index (χ3n) is 5.10. The standard InChI is InChI=1S/C23H25NO2/c1-26-22(24,17-18-25)23(19-11-5-2-6-12-19,20-13-7-3-8-14-20)21-15-9-4-10-16-21/h2-16,25H,17-18,24H2,1H3. The summed E-state index contributed by atoms with van der Waals surface area (Å²) in [6, 6.07) is 30.4. The number of ether oxygens (including phenoxy) is 1. The minimum atomic E-state index is -1.13. The number of aliphatic hydroxyl groups excluding tert-OH is 1. The second kappa shape index (κ2) is 7.83. The molecular weight excluding hydrogens is 322 g/mol. The van der Waals surface area contributed by atoms with Crippen LogP contribution >= 0.6 is 0 Å². The maximum atomic E-state index is 9.78. The van der Waals surface area contributed by atoms with Crippen LogP contribution in [0.3, 0.4) is 0 Å². The topological polar surface area (TPSA) is 55.5 Å². The molecule has 26 heavy (non-hydrogen) atoms. The molecule has 0 bridgehead atoms. The van der Waals surface area contributed by atoms with Crippen molar-refractivity contribution in [3.63, 3.8) is 0 Å². The largest absolute Gasteiger partial charge is 0.396 e. The van der Waals surface area contributed by atoms with Gasteiger partial charge in [0.1, 0.15) is 5.72 Å². The van der Waals surface area contributed by atoms with E-state index < -0.39 is 11.1 Å². The van der Waals surface area contributed by atoms with Gasteiger partial charge in [0.05, 0.1) is 5.41 Å². The SMILES string of the molecule is COC(N)(CCO)C(c1ccccc1)(c1ccccc1)c1ccccc1. The fourth-order valence-corrected chi connectivity index (χ4v) is 3.91. The van der Waals surface area contributed by atoms with Crippen LogP contribution in [0, 0.1) is 0 Å². The molecule has 0 aliphatic carbocycles. The Labute approximate surface area is 155 Å². The minimum absolute atomic E-state index is 0.0708. The highest BCUT2D eigenvalue weighted by molar-refractivity contribution is 5.53. The lowest BCUT2D eigenvalue weighted by atomic mass is 9.62. The van der Waals surface area contributed by atoms with Crippen molar-refractivity contribution in [2.24, 2.45) is 5.73 Å². The lowest BCUT2D eigenvalue weighted by molar-refractivity contribution is -0.0608. The zero-order chi connectivity index (χ0) is 18.5. The van der Waals surface area contributed by atoms with E-state index in [2.05, 4.69) is 36.4 Å². The monoisotopic (exact) mass is 347 g/mol. The normalized spacial score (nSPS) is 14.0. The van der Waals surface area contributed by atoms with Crippen LogP contribution in [-0.4, -0.2) is 24.5 Å². The van der Waals surface area contributed by atoms with E-state index in [1.54, 1.807) is 7.11 Å². The number of aliphatic hydroxyl groups is 1. The molecule has 3 nitrogen and oxygen atoms in total. The average molecular weight is 347 g/mol. The van der Waals surface area contributed by atoms with Crippen LogP contribution < -0.4 is 5.73 Å². The summed E-state index contributed by atoms with van der Waals surface area (Å²) in [6.45, 7) is -0.0708. The van der Waals surface area contributed by atoms with E-state index in [4.69, 9.17) is 10.5 Å². The number of methoxy groups -OCH3 is 1. The fourth-order valence-electron chi connectivity index (χ4n) is 3.91. The van der Waals surface area contributed by atoms with Crippen LogP contribution in [0.2, 0.25) is 0 Å². The van der Waals surface area contributed by atoms with E-state index in [9.17, 15) is 5.11 Å². The molecule has 0 amide bonds. The minimum Gasteiger partial charge on any atom is -0.396 e. The Morgan fingerprint density at radius 1 is 0.731 bits per heavy atom. The fraction of sp³-hybridized carbons (Fsp3) is 0.217. The molecule has 0 aromatic heterocycles. The van der Waals surface area contributed by atoms with Gasteiger partial charge < -0.3 is 15.6 Å². The Hall–Kier alpha value is -2.46. The van der Waals surface area contributed by atoms with Crippen molar-refractivity contribution in [2.75, 3.05) is 13.7 Å². The molecule has 3 aromatic rings. The summed E-state index contributed by atoms with van der Waals surface area (Å²) >= 11 is 0. The summed E-state index contributed by atoms with van der Waals surface area (Å²) in [4.78, 5) is 0. The maximum Gasteiger partial charge on any atom is 0.136 e. The van der Waals surface area contributed by atoms with E-state index >= 15 is 0 Å². The molecule has 3 rings (SSSR count). The molecular formula is C23H25NO2. The molecule has 3 aromatic carbocycles. The molecule has 0 saturated carbocycles. The molecule has 0 aliphatic rings. The van der Waals surface area contributed by atoms with Crippen LogP contribution in [0.4, 0.5) is 0 Å². The lowest BCUT2D eigenvalue weighted by Gasteiger charge is -2.48. The lowest BCUT2D eigenvalue weighted by Crippen LogP contribution is -2.61. The van der Waals surface area contributed by atoms with E-state index in [1.165, 1.54) is 0 Å². The van der Waals surface area contributed by atoms with Crippen molar-refractivity contribution in [3.8, 4) is 0 Å². The summed E-state index contributed by atoms with van der Waals surface area (Å²) in [5.74, 6) is 0. The van der Waals surface area contributed by atoms with Gasteiger partial charge in [0, 0.05) is 20.1 Å². The first-order valence-electron chi connectivity index (χ1n) is 8.80. The molecule has 3 N–H and O–H groups in total. The third kappa shape index (κ3) is 2.95. The van der Waals surface area contributed by atoms with E-state index in [0.29, 0.717) is 6.42 Å². The number of nitrogens with two attached hydrogens (primary N) is 1. The molecule has 134 valence electrons. The number of benzene rings is 3. The van der Waals surface area contributed by atoms with Gasteiger partial charge in [-0.3, -0.25) is 0 Å². The highest BCUT2D eigenvalue weighted by Crippen LogP contribution is 2.48. The molecule has 0 saturated heterocycles. The number of hydrogen-bond donors (Lipinski definition) is 2. The molecule has 1 unspecified atom stereocenters. The van der Waals surface area contributed by atoms with Gasteiger partial charge in [0.25, 0.3) is 0 Å². The van der Waals surface area contributed by atoms with Gasteiger partial charge in [-0.1, -0.05) is 91.0 Å². The molecule has 3 heteroatoms. The van der Waals surface area contributed by atoms with Crippen molar-refractivity contribution in [1.29, 1.82) is 0 Å². The van der Waals surface area contributed by atoms with Crippen LogP contribution in [0.25, 0.3) is 0 Å². The van der Waals surface area contributed by atoms with Crippen molar-refractivity contribution >= 4 is 0 Å². The summed E-state index contributed by atoms with van der Waals surface area (Å²) in [6.07, 6.45) is 0.294. The Balaban J connectivity index is 2.43. The van der Waals surface area contributed by atoms with Crippen LogP contribution in [0.15, 0.2) is 91.0 Å². The molecule has 0 fully saturated rings. The van der Waals surface area contributed by atoms with Crippen molar-refractivity contribution in [1.82, 2.24) is 0 Å². The molecule has 0 heterocycles. The highest BCUT2D eigenvalue weighted by Gasteiger charge is 2.52. The Morgan fingerprint density at radius 3 is 1.35 bits per heavy atom. The quantitative estimate of drug-likeness (QED) is 0.506. The van der Waals surface area contributed by atoms with Gasteiger partial charge in [0.15, 0.2) is 0 Å². The Kier molecular flexibility index (Phi) is 5.52. The zero-order valence-electron chi connectivity index (χ0n) is 15.0. The van der Waals surface area contributed by atoms with Crippen molar-refractivity contribution in [2.45, 2.75) is 17.6 Å². The first kappa shape index (κ1) is 18.3. The molecule has 1 atom stereocenters. The summed E-state index contributed by atoms with van der Waals surface area (Å²) in [7, 11) is 1.61. The highest BCUT2D eigenvalue weighted by atomic mass is 16.5. The van der Waals surface area contributed by atoms with E-state index in [-0.39, 0.29) is 6.61 Å². The summed E-state index contributed by atoms with van der Waals surface area (Å²) in [5, 5.41) is 9.78. The van der Waals surface area contributed by atoms with Gasteiger partial charge in [-0.25, -0.2) is 0 Å². The van der Waals surface area contributed by atoms with Gasteiger partial charge in [-0.05, 0) is 16.7 Å². The van der Waals surface area contributed by atoms with E-state index in [1.807, 2.05) is 54.6 Å². The Bertz CT molecular complexity index is 709. The average Bonchev–Trinajstić information content (AvgIpc) is 2.71. The molecule has 0 aliphatic heterocycles. The van der Waals surface area contributed by atoms with Crippen molar-refractivity contribution < 1.29 is 9.84 Å². The van der Waals surface area contributed by atoms with Crippen LogP contribution in [0.1, 0.15) is 23.1 Å². The van der Waals surface area contributed by atoms with Gasteiger partial charge >= 0.3 is 0 Å².